The summed E-state index contributed by atoms with van der Waals surface area (Å²) in [7, 11) is 0. The van der Waals surface area contributed by atoms with Crippen LogP contribution >= 0.6 is 0 Å². The van der Waals surface area contributed by atoms with Gasteiger partial charge in [0.05, 0.1) is 0 Å². The van der Waals surface area contributed by atoms with Gasteiger partial charge in [0.25, 0.3) is 0 Å². The van der Waals surface area contributed by atoms with Crippen LogP contribution in [0.4, 0.5) is 0 Å². The topological polar surface area (TPSA) is 17.1 Å². The van der Waals surface area contributed by atoms with Gasteiger partial charge in [0.2, 0.25) is 0 Å². The third kappa shape index (κ3) is 2.52. The Hall–Kier alpha value is -0.850. The largest absolute Gasteiger partial charge is 0.290 e. The number of carbonyl (C=O) groups is 1. The number of hydrogen-bond donors (Lipinski definition) is 0. The van der Waals surface area contributed by atoms with E-state index >= 15 is 0 Å². The molecule has 0 heterocycles. The normalized spacial score (nSPS) is 46.9. The van der Waals surface area contributed by atoms with Gasteiger partial charge in [-0.3, -0.25) is 4.79 Å². The van der Waals surface area contributed by atoms with E-state index in [0.717, 1.165) is 36.0 Å². The van der Waals surface area contributed by atoms with Gasteiger partial charge in [-0.1, -0.05) is 52.2 Å². The second-order valence-corrected chi connectivity index (χ2v) is 10.1. The maximum atomic E-state index is 11.9. The van der Waals surface area contributed by atoms with Gasteiger partial charge in [-0.05, 0) is 85.7 Å². The number of carbonyl (C=O) groups excluding carboxylic acids is 1. The van der Waals surface area contributed by atoms with Crippen molar-refractivity contribution in [3.05, 3.63) is 23.8 Å². The van der Waals surface area contributed by atoms with Crippen LogP contribution in [0, 0.1) is 40.4 Å². The molecule has 4 aliphatic rings. The average molecular weight is 341 g/mol. The summed E-state index contributed by atoms with van der Waals surface area (Å²) in [6.45, 7) is 9.93. The number of fused-ring (bicyclic) bond motifs is 5. The molecule has 0 aliphatic heterocycles. The Labute approximate surface area is 154 Å². The van der Waals surface area contributed by atoms with Gasteiger partial charge < -0.3 is 0 Å². The summed E-state index contributed by atoms with van der Waals surface area (Å²) in [5.41, 5.74) is 2.16. The van der Waals surface area contributed by atoms with Crippen LogP contribution < -0.4 is 0 Å². The van der Waals surface area contributed by atoms with E-state index in [-0.39, 0.29) is 11.2 Å². The van der Waals surface area contributed by atoms with Crippen molar-refractivity contribution in [3.63, 3.8) is 0 Å². The highest BCUT2D eigenvalue weighted by molar-refractivity contribution is 6.01. The summed E-state index contributed by atoms with van der Waals surface area (Å²) in [5.74, 6) is 4.58. The fraction of sp³-hybridized carbons (Fsp3) is 0.792. The Kier molecular flexibility index (Phi) is 4.28. The minimum atomic E-state index is 0.158. The van der Waals surface area contributed by atoms with Crippen molar-refractivity contribution < 1.29 is 4.79 Å². The van der Waals surface area contributed by atoms with E-state index in [2.05, 4.69) is 33.8 Å². The van der Waals surface area contributed by atoms with E-state index < -0.39 is 0 Å². The fourth-order valence-corrected chi connectivity index (χ4v) is 7.83. The Morgan fingerprint density at radius 3 is 2.72 bits per heavy atom. The standard InChI is InChI=1S/C24H36O/c1-5-6-16(2)20-9-10-21-19-8-7-17-15-18(25)11-13-23(17,3)22(19)12-14-24(20,21)4/h11,13,15-16,19-22H,5-10,12,14H2,1-4H3. The molecule has 1 nitrogen and oxygen atoms in total. The molecule has 3 saturated carbocycles. The number of hydrogen-bond acceptors (Lipinski definition) is 1. The minimum Gasteiger partial charge on any atom is -0.290 e. The SMILES string of the molecule is CCCC(C)C1CCC2C3CCC4=CC(=O)C=CC4(C)C3CCC12C. The van der Waals surface area contributed by atoms with Gasteiger partial charge in [-0.15, -0.1) is 0 Å². The maximum Gasteiger partial charge on any atom is 0.178 e. The van der Waals surface area contributed by atoms with Crippen LogP contribution in [0.3, 0.4) is 0 Å². The van der Waals surface area contributed by atoms with Crippen LogP contribution in [0.25, 0.3) is 0 Å². The second-order valence-electron chi connectivity index (χ2n) is 10.1. The lowest BCUT2D eigenvalue weighted by molar-refractivity contribution is -0.111. The quantitative estimate of drug-likeness (QED) is 0.585. The highest BCUT2D eigenvalue weighted by Crippen LogP contribution is 2.67. The summed E-state index contributed by atoms with van der Waals surface area (Å²) in [6.07, 6.45) is 17.0. The first-order valence-electron chi connectivity index (χ1n) is 10.8. The van der Waals surface area contributed by atoms with Gasteiger partial charge in [0.15, 0.2) is 5.78 Å². The monoisotopic (exact) mass is 340 g/mol. The molecule has 138 valence electrons. The Morgan fingerprint density at radius 2 is 1.96 bits per heavy atom. The lowest BCUT2D eigenvalue weighted by atomic mass is 9.47. The molecule has 1 heteroatoms. The maximum absolute atomic E-state index is 11.9. The van der Waals surface area contributed by atoms with Gasteiger partial charge >= 0.3 is 0 Å². The summed E-state index contributed by atoms with van der Waals surface area (Å²) in [4.78, 5) is 11.9. The Bertz CT molecular complexity index is 614. The molecule has 0 radical (unpaired) electrons. The molecule has 0 saturated heterocycles. The third-order valence-electron chi connectivity index (χ3n) is 9.06. The molecule has 25 heavy (non-hydrogen) atoms. The predicted octanol–water partition coefficient (Wildman–Crippen LogP) is 6.35. The van der Waals surface area contributed by atoms with Gasteiger partial charge in [-0.2, -0.15) is 0 Å². The third-order valence-corrected chi connectivity index (χ3v) is 9.06. The molecule has 0 N–H and O–H groups in total. The van der Waals surface area contributed by atoms with Crippen LogP contribution in [0.15, 0.2) is 23.8 Å². The molecule has 0 spiro atoms. The molecule has 0 bridgehead atoms. The Morgan fingerprint density at radius 1 is 1.16 bits per heavy atom. The van der Waals surface area contributed by atoms with Gasteiger partial charge in [0.1, 0.15) is 0 Å². The van der Waals surface area contributed by atoms with Crippen molar-refractivity contribution >= 4 is 5.78 Å². The van der Waals surface area contributed by atoms with E-state index in [4.69, 9.17) is 0 Å². The first-order chi connectivity index (χ1) is 11.9. The van der Waals surface area contributed by atoms with E-state index in [1.807, 2.05) is 12.2 Å². The molecule has 4 aliphatic carbocycles. The first-order valence-corrected chi connectivity index (χ1v) is 10.8. The van der Waals surface area contributed by atoms with E-state index in [1.165, 1.54) is 50.5 Å². The minimum absolute atomic E-state index is 0.158. The van der Waals surface area contributed by atoms with Crippen LogP contribution in [-0.4, -0.2) is 5.78 Å². The highest BCUT2D eigenvalue weighted by atomic mass is 16.1. The zero-order valence-corrected chi connectivity index (χ0v) is 16.7. The first kappa shape index (κ1) is 17.6. The zero-order chi connectivity index (χ0) is 17.8. The molecule has 7 unspecified atom stereocenters. The fourth-order valence-electron chi connectivity index (χ4n) is 7.83. The molecule has 0 aromatic rings. The number of ketones is 1. The zero-order valence-electron chi connectivity index (χ0n) is 16.7. The molecule has 7 atom stereocenters. The number of allylic oxidation sites excluding steroid dienone is 4. The summed E-state index contributed by atoms with van der Waals surface area (Å²) < 4.78 is 0. The predicted molar refractivity (Wildman–Crippen MR) is 104 cm³/mol. The van der Waals surface area contributed by atoms with Crippen LogP contribution in [0.5, 0.6) is 0 Å². The molecule has 0 amide bonds. The summed E-state index contributed by atoms with van der Waals surface area (Å²) >= 11 is 0. The van der Waals surface area contributed by atoms with Crippen LogP contribution in [0.1, 0.15) is 79.1 Å². The van der Waals surface area contributed by atoms with E-state index in [0.29, 0.717) is 5.41 Å². The van der Waals surface area contributed by atoms with Crippen molar-refractivity contribution in [2.45, 2.75) is 79.1 Å². The molecule has 4 rings (SSSR count). The lowest BCUT2D eigenvalue weighted by Crippen LogP contribution is -2.50. The van der Waals surface area contributed by atoms with Crippen molar-refractivity contribution in [2.24, 2.45) is 40.4 Å². The van der Waals surface area contributed by atoms with Crippen LogP contribution in [-0.2, 0) is 4.79 Å². The summed E-state index contributed by atoms with van der Waals surface area (Å²) in [5, 5.41) is 0. The molecule has 0 aromatic carbocycles. The molecular formula is C24H36O. The smallest absolute Gasteiger partial charge is 0.178 e. The van der Waals surface area contributed by atoms with Crippen molar-refractivity contribution in [1.82, 2.24) is 0 Å². The van der Waals surface area contributed by atoms with Crippen LogP contribution in [0.2, 0.25) is 0 Å². The molecule has 0 aromatic heterocycles. The van der Waals surface area contributed by atoms with Crippen molar-refractivity contribution in [3.8, 4) is 0 Å². The van der Waals surface area contributed by atoms with Gasteiger partial charge in [-0.25, -0.2) is 0 Å². The van der Waals surface area contributed by atoms with Gasteiger partial charge in [0, 0.05) is 5.41 Å². The van der Waals surface area contributed by atoms with Crippen molar-refractivity contribution in [1.29, 1.82) is 0 Å². The Balaban J connectivity index is 1.61. The van der Waals surface area contributed by atoms with E-state index in [1.54, 1.807) is 0 Å². The number of rotatable bonds is 3. The van der Waals surface area contributed by atoms with E-state index in [9.17, 15) is 4.79 Å². The molecule has 3 fully saturated rings. The lowest BCUT2D eigenvalue weighted by Gasteiger charge is -2.57. The molecular weight excluding hydrogens is 304 g/mol. The summed E-state index contributed by atoms with van der Waals surface area (Å²) in [6, 6.07) is 0. The van der Waals surface area contributed by atoms with Crippen molar-refractivity contribution in [2.75, 3.05) is 0 Å². The highest BCUT2D eigenvalue weighted by Gasteiger charge is 2.58. The second kappa shape index (κ2) is 6.10. The average Bonchev–Trinajstić information content (AvgIpc) is 2.93.